The fourth-order valence-corrected chi connectivity index (χ4v) is 5.53. The average Bonchev–Trinajstić information content (AvgIpc) is 3.04. The number of ether oxygens (including phenoxy) is 1. The maximum absolute atomic E-state index is 14.4. The Morgan fingerprint density at radius 2 is 1.57 bits per heavy atom. The van der Waals surface area contributed by atoms with Crippen LogP contribution in [-0.2, 0) is 24.9 Å². The minimum absolute atomic E-state index is 0. The van der Waals surface area contributed by atoms with Crippen molar-refractivity contribution in [3.8, 4) is 22.8 Å². The first kappa shape index (κ1) is 33.3. The number of pyridine rings is 1. The molecule has 0 saturated heterocycles. The summed E-state index contributed by atoms with van der Waals surface area (Å²) in [5.74, 6) is 1.37. The molecule has 0 saturated carbocycles. The molecular weight excluding hydrogens is 730 g/mol. The van der Waals surface area contributed by atoms with Crippen LogP contribution in [0.1, 0.15) is 67.2 Å². The molecule has 0 unspecified atom stereocenters. The van der Waals surface area contributed by atoms with E-state index < -0.39 is 0 Å². The third kappa shape index (κ3) is 5.90. The molecule has 0 bridgehead atoms. The standard InChI is InChI=1S/C23H11FNO.C15H28O2.Ir/c24-19-7-3-6-15-16-8-9-25-23-18-10-13-4-1-2-5-14(13)11-20(18)26-21(22(16)23)12-17(15)19;1-7-14(5,8-2)12(16)11-13(17)15(6,9-3)10-4;/h1-9,11-12H;11,16H,7-10H2,1-6H3;/q-1;;/b;12-11-;. The monoisotopic (exact) mass is 769 g/mol. The smallest absolute Gasteiger partial charge is 0.164 e. The Hall–Kier alpha value is -3.60. The van der Waals surface area contributed by atoms with E-state index in [1.54, 1.807) is 18.3 Å². The fourth-order valence-electron chi connectivity index (χ4n) is 5.53. The molecule has 0 amide bonds. The SMILES string of the molecule is CCC(C)(CC)C(=O)/C=C(\O)C(C)(CC)CC.Fc1cccc2c1cc1c3c(nccc32)-c2[c-]c3ccccc3cc2O1.[Ir]. The first-order chi connectivity index (χ1) is 20.6. The zero-order valence-electron chi connectivity index (χ0n) is 26.2. The van der Waals surface area contributed by atoms with Crippen molar-refractivity contribution in [3.05, 3.63) is 90.6 Å². The van der Waals surface area contributed by atoms with E-state index in [1.165, 1.54) is 12.1 Å². The minimum atomic E-state index is -0.337. The van der Waals surface area contributed by atoms with Crippen molar-refractivity contribution in [2.24, 2.45) is 10.8 Å². The van der Waals surface area contributed by atoms with Gasteiger partial charge in [0.05, 0.1) is 5.75 Å². The molecule has 0 spiro atoms. The van der Waals surface area contributed by atoms with E-state index in [-0.39, 0.29) is 48.3 Å². The van der Waals surface area contributed by atoms with E-state index in [9.17, 15) is 14.3 Å². The van der Waals surface area contributed by atoms with Crippen LogP contribution in [0.15, 0.2) is 78.7 Å². The summed E-state index contributed by atoms with van der Waals surface area (Å²) < 4.78 is 20.6. The zero-order valence-corrected chi connectivity index (χ0v) is 28.6. The largest absolute Gasteiger partial charge is 0.512 e. The summed E-state index contributed by atoms with van der Waals surface area (Å²) >= 11 is 0. The van der Waals surface area contributed by atoms with Gasteiger partial charge in [-0.25, -0.2) is 4.39 Å². The Morgan fingerprint density at radius 1 is 0.886 bits per heavy atom. The summed E-state index contributed by atoms with van der Waals surface area (Å²) in [4.78, 5) is 16.8. The van der Waals surface area contributed by atoms with Gasteiger partial charge in [-0.05, 0) is 54.7 Å². The molecule has 0 aliphatic carbocycles. The Bertz CT molecular complexity index is 1870. The second-order valence-corrected chi connectivity index (χ2v) is 11.9. The van der Waals surface area contributed by atoms with E-state index in [2.05, 4.69) is 11.1 Å². The van der Waals surface area contributed by atoms with E-state index >= 15 is 0 Å². The molecule has 1 aliphatic heterocycles. The molecule has 5 aromatic rings. The normalized spacial score (nSPS) is 12.7. The molecule has 1 aromatic heterocycles. The average molecular weight is 769 g/mol. The zero-order chi connectivity index (χ0) is 30.9. The molecule has 6 rings (SSSR count). The number of fused-ring (bicyclic) bond motifs is 5. The molecule has 1 radical (unpaired) electrons. The Balaban J connectivity index is 0.000000218. The quantitative estimate of drug-likeness (QED) is 0.0760. The van der Waals surface area contributed by atoms with E-state index in [0.29, 0.717) is 16.9 Å². The molecule has 4 nitrogen and oxygen atoms in total. The van der Waals surface area contributed by atoms with Crippen molar-refractivity contribution in [3.63, 3.8) is 0 Å². The Labute approximate surface area is 272 Å². The molecule has 0 atom stereocenters. The number of aliphatic hydroxyl groups excluding tert-OH is 1. The van der Waals surface area contributed by atoms with Crippen LogP contribution in [0.4, 0.5) is 4.39 Å². The van der Waals surface area contributed by atoms with Gasteiger partial charge in [0.2, 0.25) is 0 Å². The number of aliphatic hydroxyl groups is 1. The van der Waals surface area contributed by atoms with Crippen LogP contribution >= 0.6 is 0 Å². The van der Waals surface area contributed by atoms with Gasteiger partial charge in [-0.1, -0.05) is 88.9 Å². The van der Waals surface area contributed by atoms with Gasteiger partial charge >= 0.3 is 0 Å². The fraction of sp³-hybridized carbons (Fsp3) is 0.316. The molecule has 1 N–H and O–H groups in total. The number of carbonyl (C=O) groups is 1. The Kier molecular flexibility index (Phi) is 9.97. The second-order valence-electron chi connectivity index (χ2n) is 11.9. The third-order valence-corrected chi connectivity index (χ3v) is 9.63. The van der Waals surface area contributed by atoms with Gasteiger partial charge < -0.3 is 9.84 Å². The number of halogens is 1. The van der Waals surface area contributed by atoms with Crippen molar-refractivity contribution in [1.29, 1.82) is 0 Å². The number of nitrogens with zero attached hydrogens (tertiary/aromatic N) is 1. The first-order valence-corrected chi connectivity index (χ1v) is 15.2. The number of rotatable bonds is 7. The van der Waals surface area contributed by atoms with E-state index in [1.807, 2.05) is 84.0 Å². The van der Waals surface area contributed by atoms with Crippen LogP contribution in [0.3, 0.4) is 0 Å². The van der Waals surface area contributed by atoms with Crippen LogP contribution in [-0.4, -0.2) is 15.9 Å². The van der Waals surface area contributed by atoms with Crippen molar-refractivity contribution < 1.29 is 39.1 Å². The van der Waals surface area contributed by atoms with Gasteiger partial charge in [-0.2, -0.15) is 0 Å². The van der Waals surface area contributed by atoms with Crippen LogP contribution in [0.25, 0.3) is 43.6 Å². The van der Waals surface area contributed by atoms with E-state index in [4.69, 9.17) is 4.74 Å². The third-order valence-electron chi connectivity index (χ3n) is 9.63. The summed E-state index contributed by atoms with van der Waals surface area (Å²) in [5.41, 5.74) is 1.07. The summed E-state index contributed by atoms with van der Waals surface area (Å²) in [6.07, 6.45) is 6.52. The van der Waals surface area contributed by atoms with Gasteiger partial charge in [0.15, 0.2) is 5.78 Å². The number of hydrogen-bond donors (Lipinski definition) is 1. The molecule has 44 heavy (non-hydrogen) atoms. The summed E-state index contributed by atoms with van der Waals surface area (Å²) in [5, 5.41) is 15.5. The number of benzene rings is 4. The van der Waals surface area contributed by atoms with Crippen LogP contribution in [0.2, 0.25) is 0 Å². The number of allylic oxidation sites excluding steroid dienone is 2. The number of hydrogen-bond acceptors (Lipinski definition) is 4. The number of carbonyl (C=O) groups excluding carboxylic acids is 1. The summed E-state index contributed by atoms with van der Waals surface area (Å²) in [6.45, 7) is 12.1. The number of aromatic nitrogens is 1. The topological polar surface area (TPSA) is 59.4 Å². The van der Waals surface area contributed by atoms with Crippen molar-refractivity contribution in [1.82, 2.24) is 4.98 Å². The van der Waals surface area contributed by atoms with Crippen molar-refractivity contribution in [2.75, 3.05) is 0 Å². The maximum Gasteiger partial charge on any atom is 0.164 e. The van der Waals surface area contributed by atoms with Crippen molar-refractivity contribution in [2.45, 2.75) is 67.2 Å². The van der Waals surface area contributed by atoms with Gasteiger partial charge in [0, 0.05) is 59.7 Å². The van der Waals surface area contributed by atoms with E-state index in [0.717, 1.165) is 63.9 Å². The molecule has 0 fully saturated rings. The maximum atomic E-state index is 14.4. The predicted molar refractivity (Wildman–Crippen MR) is 174 cm³/mol. The molecule has 2 heterocycles. The Morgan fingerprint density at radius 3 is 2.25 bits per heavy atom. The number of ketones is 1. The van der Waals surface area contributed by atoms with Crippen LogP contribution in [0, 0.1) is 22.7 Å². The van der Waals surface area contributed by atoms with Gasteiger partial charge in [0.1, 0.15) is 17.3 Å². The van der Waals surface area contributed by atoms with Gasteiger partial charge in [0.25, 0.3) is 0 Å². The van der Waals surface area contributed by atoms with Crippen LogP contribution < -0.4 is 4.74 Å². The minimum Gasteiger partial charge on any atom is -0.512 e. The molecule has 1 aliphatic rings. The van der Waals surface area contributed by atoms with Gasteiger partial charge in [-0.3, -0.25) is 9.78 Å². The summed E-state index contributed by atoms with van der Waals surface area (Å²) in [7, 11) is 0. The predicted octanol–water partition coefficient (Wildman–Crippen LogP) is 10.9. The van der Waals surface area contributed by atoms with Crippen LogP contribution in [0.5, 0.6) is 11.5 Å². The first-order valence-electron chi connectivity index (χ1n) is 15.2. The second kappa shape index (κ2) is 13.2. The molecule has 6 heteroatoms. The van der Waals surface area contributed by atoms with Gasteiger partial charge in [-0.15, -0.1) is 17.5 Å². The molecular formula is C38H39FIrNO3-. The molecule has 231 valence electrons. The summed E-state index contributed by atoms with van der Waals surface area (Å²) in [6, 6.07) is 22.3. The molecule has 4 aromatic carbocycles. The van der Waals surface area contributed by atoms with Crippen molar-refractivity contribution >= 4 is 38.1 Å².